The molecule has 4 N–H and O–H groups in total. The van der Waals surface area contributed by atoms with Crippen molar-refractivity contribution >= 4 is 17.5 Å². The van der Waals surface area contributed by atoms with Crippen LogP contribution < -0.4 is 10.6 Å². The summed E-state index contributed by atoms with van der Waals surface area (Å²) in [4.78, 5) is 33.1. The minimum atomic E-state index is -0.798. The van der Waals surface area contributed by atoms with E-state index < -0.39 is 23.7 Å². The van der Waals surface area contributed by atoms with Gasteiger partial charge in [0.05, 0.1) is 23.5 Å². The normalized spacial score (nSPS) is 11.7. The van der Waals surface area contributed by atoms with Gasteiger partial charge in [-0.15, -0.1) is 0 Å². The molecule has 0 aliphatic rings. The summed E-state index contributed by atoms with van der Waals surface area (Å²) in [6.07, 6.45) is 2.88. The van der Waals surface area contributed by atoms with Crippen molar-refractivity contribution in [1.82, 2.24) is 25.5 Å². The zero-order valence-electron chi connectivity index (χ0n) is 16.7. The van der Waals surface area contributed by atoms with E-state index in [1.54, 1.807) is 13.8 Å². The molecule has 2 amide bonds. The highest BCUT2D eigenvalue weighted by Crippen LogP contribution is 2.30. The average Bonchev–Trinajstić information content (AvgIpc) is 3.20. The van der Waals surface area contributed by atoms with Gasteiger partial charge in [-0.1, -0.05) is 6.92 Å². The number of halogens is 1. The highest BCUT2D eigenvalue weighted by Gasteiger charge is 2.21. The van der Waals surface area contributed by atoms with Crippen LogP contribution >= 0.6 is 0 Å². The molecule has 3 aromatic rings. The number of phenols is 1. The monoisotopic (exact) mass is 412 g/mol. The van der Waals surface area contributed by atoms with E-state index in [4.69, 9.17) is 0 Å². The number of nitrogens with zero attached hydrogens (tertiary/aromatic N) is 3. The lowest BCUT2D eigenvalue weighted by molar-refractivity contribution is 0.0936. The second-order valence-corrected chi connectivity index (χ2v) is 6.63. The summed E-state index contributed by atoms with van der Waals surface area (Å²) in [5, 5.41) is 22.3. The number of carbonyl (C=O) groups is 2. The van der Waals surface area contributed by atoms with Crippen molar-refractivity contribution < 1.29 is 19.1 Å². The van der Waals surface area contributed by atoms with Crippen molar-refractivity contribution in [3.05, 3.63) is 64.7 Å². The van der Waals surface area contributed by atoms with E-state index >= 15 is 0 Å². The lowest BCUT2D eigenvalue weighted by Crippen LogP contribution is -2.28. The first-order chi connectivity index (χ1) is 14.3. The number of nitrogens with one attached hydrogen (secondary N) is 3. The lowest BCUT2D eigenvalue weighted by Gasteiger charge is -2.16. The van der Waals surface area contributed by atoms with Crippen LogP contribution in [0.2, 0.25) is 0 Å². The number of aromatic hydroxyl groups is 1. The van der Waals surface area contributed by atoms with Crippen LogP contribution in [0.4, 0.5) is 10.1 Å². The Labute approximate surface area is 171 Å². The summed E-state index contributed by atoms with van der Waals surface area (Å²) < 4.78 is 13.8. The number of carbonyl (C=O) groups excluding carboxylic acids is 2. The summed E-state index contributed by atoms with van der Waals surface area (Å²) in [5.74, 6) is -1.10. The quantitative estimate of drug-likeness (QED) is 0.460. The van der Waals surface area contributed by atoms with E-state index in [1.165, 1.54) is 24.4 Å². The first-order valence-corrected chi connectivity index (χ1v) is 9.27. The molecule has 0 saturated heterocycles. The Morgan fingerprint density at radius 2 is 2.00 bits per heavy atom. The molecule has 0 saturated carbocycles. The number of anilines is 1. The molecule has 0 unspecified atom stereocenters. The molecule has 10 heteroatoms. The minimum Gasteiger partial charge on any atom is -0.506 e. The first-order valence-electron chi connectivity index (χ1n) is 9.27. The molecule has 2 aromatic heterocycles. The number of phenolic OH excluding ortho intramolecular Hbond substituents is 1. The van der Waals surface area contributed by atoms with Gasteiger partial charge in [0.2, 0.25) is 0 Å². The van der Waals surface area contributed by atoms with Crippen LogP contribution in [-0.4, -0.2) is 37.1 Å². The third-order valence-corrected chi connectivity index (χ3v) is 4.56. The second-order valence-electron chi connectivity index (χ2n) is 6.63. The smallest absolute Gasteiger partial charge is 0.258 e. The standard InChI is InChI=1S/C20H21FN6O3/c1-4-16-24-18(27-26-16)11(3)23-19(29)12-5-6-15(28)17(10(12)2)25-20(30)13-7-8-22-9-14(13)21/h5-9,11,28H,4H2,1-3H3,(H,23,29)(H,25,30)(H,24,26,27)/t11-/m1/s1. The van der Waals surface area contributed by atoms with Crippen LogP contribution in [0.25, 0.3) is 0 Å². The maximum absolute atomic E-state index is 13.8. The topological polar surface area (TPSA) is 133 Å². The fourth-order valence-electron chi connectivity index (χ4n) is 2.84. The van der Waals surface area contributed by atoms with Crippen LogP contribution in [0, 0.1) is 12.7 Å². The van der Waals surface area contributed by atoms with Gasteiger partial charge in [-0.05, 0) is 37.6 Å². The van der Waals surface area contributed by atoms with Crippen LogP contribution in [0.3, 0.4) is 0 Å². The molecule has 9 nitrogen and oxygen atoms in total. The summed E-state index contributed by atoms with van der Waals surface area (Å²) in [5.41, 5.74) is 0.342. The van der Waals surface area contributed by atoms with Gasteiger partial charge in [0, 0.05) is 18.2 Å². The molecule has 2 heterocycles. The highest BCUT2D eigenvalue weighted by atomic mass is 19.1. The molecular formula is C20H21FN6O3. The van der Waals surface area contributed by atoms with Crippen LogP contribution in [-0.2, 0) is 6.42 Å². The maximum Gasteiger partial charge on any atom is 0.258 e. The maximum atomic E-state index is 13.8. The van der Waals surface area contributed by atoms with E-state index in [0.717, 1.165) is 6.20 Å². The number of amides is 2. The van der Waals surface area contributed by atoms with Crippen molar-refractivity contribution in [3.8, 4) is 5.75 Å². The number of aromatic nitrogens is 4. The van der Waals surface area contributed by atoms with Crippen LogP contribution in [0.5, 0.6) is 5.75 Å². The van der Waals surface area contributed by atoms with Crippen molar-refractivity contribution in [1.29, 1.82) is 0 Å². The fraction of sp³-hybridized carbons (Fsp3) is 0.250. The average molecular weight is 412 g/mol. The predicted octanol–water partition coefficient (Wildman–Crippen LogP) is 2.66. The third-order valence-electron chi connectivity index (χ3n) is 4.56. The lowest BCUT2D eigenvalue weighted by atomic mass is 10.0. The van der Waals surface area contributed by atoms with Crippen molar-refractivity contribution in [2.24, 2.45) is 0 Å². The molecule has 156 valence electrons. The molecule has 1 atom stereocenters. The van der Waals surface area contributed by atoms with Gasteiger partial charge >= 0.3 is 0 Å². The summed E-state index contributed by atoms with van der Waals surface area (Å²) in [7, 11) is 0. The fourth-order valence-corrected chi connectivity index (χ4v) is 2.84. The minimum absolute atomic E-state index is 0.0164. The Balaban J connectivity index is 1.82. The Kier molecular flexibility index (Phi) is 6.05. The van der Waals surface area contributed by atoms with Gasteiger partial charge in [0.15, 0.2) is 11.6 Å². The molecule has 0 aliphatic carbocycles. The van der Waals surface area contributed by atoms with Gasteiger partial charge in [-0.3, -0.25) is 19.7 Å². The van der Waals surface area contributed by atoms with Gasteiger partial charge in [-0.25, -0.2) is 9.37 Å². The van der Waals surface area contributed by atoms with Crippen LogP contribution in [0.15, 0.2) is 30.6 Å². The zero-order valence-corrected chi connectivity index (χ0v) is 16.7. The molecule has 30 heavy (non-hydrogen) atoms. The molecule has 3 rings (SSSR count). The Morgan fingerprint density at radius 3 is 2.67 bits per heavy atom. The number of aryl methyl sites for hydroxylation is 1. The summed E-state index contributed by atoms with van der Waals surface area (Å²) in [6, 6.07) is 3.47. The Bertz CT molecular complexity index is 1100. The van der Waals surface area contributed by atoms with E-state index in [0.29, 0.717) is 23.6 Å². The molecule has 0 radical (unpaired) electrons. The van der Waals surface area contributed by atoms with E-state index in [1.807, 2.05) is 6.92 Å². The largest absolute Gasteiger partial charge is 0.506 e. The van der Waals surface area contributed by atoms with Gasteiger partial charge < -0.3 is 15.7 Å². The number of aromatic amines is 1. The van der Waals surface area contributed by atoms with Gasteiger partial charge in [0.1, 0.15) is 11.6 Å². The SMILES string of the molecule is CCc1nc([C@@H](C)NC(=O)c2ccc(O)c(NC(=O)c3ccncc3F)c2C)n[nH]1. The Hall–Kier alpha value is -3.82. The van der Waals surface area contributed by atoms with Crippen LogP contribution in [0.1, 0.15) is 57.8 Å². The number of pyridine rings is 1. The summed E-state index contributed by atoms with van der Waals surface area (Å²) in [6.45, 7) is 5.24. The number of H-pyrrole nitrogens is 1. The molecular weight excluding hydrogens is 391 g/mol. The van der Waals surface area contributed by atoms with E-state index in [9.17, 15) is 19.1 Å². The Morgan fingerprint density at radius 1 is 1.23 bits per heavy atom. The number of hydrogen-bond donors (Lipinski definition) is 4. The molecule has 0 bridgehead atoms. The highest BCUT2D eigenvalue weighted by molar-refractivity contribution is 6.07. The molecule has 0 spiro atoms. The summed E-state index contributed by atoms with van der Waals surface area (Å²) >= 11 is 0. The predicted molar refractivity (Wildman–Crippen MR) is 107 cm³/mol. The second kappa shape index (κ2) is 8.68. The van der Waals surface area contributed by atoms with Crippen molar-refractivity contribution in [2.45, 2.75) is 33.2 Å². The molecule has 1 aromatic carbocycles. The van der Waals surface area contributed by atoms with E-state index in [-0.39, 0.29) is 22.6 Å². The molecule has 0 fully saturated rings. The van der Waals surface area contributed by atoms with E-state index in [2.05, 4.69) is 30.8 Å². The zero-order chi connectivity index (χ0) is 21.8. The number of hydrogen-bond acceptors (Lipinski definition) is 6. The van der Waals surface area contributed by atoms with Crippen molar-refractivity contribution in [3.63, 3.8) is 0 Å². The molecule has 0 aliphatic heterocycles. The van der Waals surface area contributed by atoms with Gasteiger partial charge in [0.25, 0.3) is 11.8 Å². The number of rotatable bonds is 6. The first kappa shape index (κ1) is 20.9. The van der Waals surface area contributed by atoms with Gasteiger partial charge in [-0.2, -0.15) is 5.10 Å². The third kappa shape index (κ3) is 4.27. The number of benzene rings is 1. The van der Waals surface area contributed by atoms with Crippen molar-refractivity contribution in [2.75, 3.05) is 5.32 Å².